The number of hydrogen-bond acceptors (Lipinski definition) is 7. The zero-order valence-corrected chi connectivity index (χ0v) is 13.4. The third-order valence-corrected chi connectivity index (χ3v) is 4.67. The Hall–Kier alpha value is -2.44. The summed E-state index contributed by atoms with van der Waals surface area (Å²) in [6.07, 6.45) is 0. The fraction of sp³-hybridized carbons (Fsp3) is 0.500. The highest BCUT2D eigenvalue weighted by atomic mass is 16.6. The fourth-order valence-corrected chi connectivity index (χ4v) is 3.56. The van der Waals surface area contributed by atoms with Crippen molar-refractivity contribution >= 4 is 11.9 Å². The van der Waals surface area contributed by atoms with Crippen molar-refractivity contribution in [3.05, 3.63) is 17.7 Å². The van der Waals surface area contributed by atoms with Gasteiger partial charge in [0, 0.05) is 11.8 Å². The molecule has 0 spiro atoms. The van der Waals surface area contributed by atoms with E-state index < -0.39 is 17.4 Å². The van der Waals surface area contributed by atoms with Crippen LogP contribution in [-0.4, -0.2) is 47.0 Å². The number of benzene rings is 1. The quantitative estimate of drug-likeness (QED) is 0.594. The first-order chi connectivity index (χ1) is 11.1. The molecule has 1 saturated carbocycles. The summed E-state index contributed by atoms with van der Waals surface area (Å²) in [6, 6.07) is 3.50. The van der Waals surface area contributed by atoms with Crippen molar-refractivity contribution in [1.29, 1.82) is 0 Å². The van der Waals surface area contributed by atoms with Gasteiger partial charge >= 0.3 is 11.9 Å². The Morgan fingerprint density at radius 3 is 2.22 bits per heavy atom. The van der Waals surface area contributed by atoms with Crippen molar-refractivity contribution in [2.24, 2.45) is 11.3 Å². The Kier molecular flexibility index (Phi) is 3.58. The highest BCUT2D eigenvalue weighted by molar-refractivity contribution is 6.07. The summed E-state index contributed by atoms with van der Waals surface area (Å²) >= 11 is 0. The first-order valence-corrected chi connectivity index (χ1v) is 7.11. The molecule has 1 aliphatic carbocycles. The second kappa shape index (κ2) is 5.33. The molecule has 0 radical (unpaired) electrons. The Labute approximate surface area is 133 Å². The molecule has 1 aliphatic heterocycles. The molecule has 0 aromatic heterocycles. The molecule has 3 rings (SSSR count). The smallest absolute Gasteiger partial charge is 0.324 e. The summed E-state index contributed by atoms with van der Waals surface area (Å²) in [5.74, 6) is -0.244. The van der Waals surface area contributed by atoms with Crippen LogP contribution in [0.4, 0.5) is 0 Å². The number of fused-ring (bicyclic) bond motifs is 1. The number of carbonyl (C=O) groups excluding carboxylic acids is 2. The van der Waals surface area contributed by atoms with Crippen molar-refractivity contribution < 1.29 is 33.3 Å². The first kappa shape index (κ1) is 15.5. The average Bonchev–Trinajstić information content (AvgIpc) is 3.15. The SMILES string of the molecule is COC(=O)[C@]12C(=O)OC[C@H]1[C@@H]2c1cc(OC)c(OC)c(OC)c1. The van der Waals surface area contributed by atoms with E-state index in [1.54, 1.807) is 12.1 Å². The molecule has 7 heteroatoms. The molecule has 1 aromatic rings. The standard InChI is InChI=1S/C16H18O7/c1-19-10-5-8(6-11(20-2)13(10)21-3)12-9-7-23-15(18)16(9,12)14(17)22-4/h5-6,9,12H,7H2,1-4H3/t9-,12-,16-/m0/s1. The van der Waals surface area contributed by atoms with Crippen molar-refractivity contribution in [3.63, 3.8) is 0 Å². The molecule has 0 N–H and O–H groups in total. The van der Waals surface area contributed by atoms with E-state index in [4.69, 9.17) is 23.7 Å². The Morgan fingerprint density at radius 2 is 1.74 bits per heavy atom. The molecule has 0 bridgehead atoms. The van der Waals surface area contributed by atoms with Gasteiger partial charge in [0.25, 0.3) is 0 Å². The van der Waals surface area contributed by atoms with Crippen LogP contribution in [-0.2, 0) is 19.1 Å². The molecule has 0 amide bonds. The van der Waals surface area contributed by atoms with E-state index in [0.717, 1.165) is 5.56 Å². The molecule has 1 aromatic carbocycles. The third kappa shape index (κ3) is 1.89. The van der Waals surface area contributed by atoms with Crippen molar-refractivity contribution in [2.45, 2.75) is 5.92 Å². The maximum absolute atomic E-state index is 12.2. The van der Waals surface area contributed by atoms with Gasteiger partial charge in [-0.1, -0.05) is 0 Å². The lowest BCUT2D eigenvalue weighted by molar-refractivity contribution is -0.158. The number of carbonyl (C=O) groups is 2. The van der Waals surface area contributed by atoms with E-state index >= 15 is 0 Å². The van der Waals surface area contributed by atoms with Crippen molar-refractivity contribution in [3.8, 4) is 17.2 Å². The summed E-state index contributed by atoms with van der Waals surface area (Å²) in [4.78, 5) is 24.3. The summed E-state index contributed by atoms with van der Waals surface area (Å²) in [5, 5.41) is 0. The van der Waals surface area contributed by atoms with Crippen LogP contribution in [0, 0.1) is 11.3 Å². The zero-order chi connectivity index (χ0) is 16.8. The molecule has 2 aliphatic rings. The fourth-order valence-electron chi connectivity index (χ4n) is 3.56. The summed E-state index contributed by atoms with van der Waals surface area (Å²) in [6.45, 7) is 0.204. The molecular formula is C16H18O7. The molecule has 1 heterocycles. The molecule has 1 saturated heterocycles. The van der Waals surface area contributed by atoms with Gasteiger partial charge in [-0.25, -0.2) is 0 Å². The molecular weight excluding hydrogens is 304 g/mol. The predicted octanol–water partition coefficient (Wildman–Crippen LogP) is 1.14. The second-order valence-corrected chi connectivity index (χ2v) is 5.50. The molecule has 2 fully saturated rings. The Bertz CT molecular complexity index is 643. The number of ether oxygens (including phenoxy) is 5. The lowest BCUT2D eigenvalue weighted by Crippen LogP contribution is -2.28. The van der Waals surface area contributed by atoms with Gasteiger partial charge in [-0.15, -0.1) is 0 Å². The lowest BCUT2D eigenvalue weighted by Gasteiger charge is -2.16. The highest BCUT2D eigenvalue weighted by Crippen LogP contribution is 2.69. The van der Waals surface area contributed by atoms with E-state index in [0.29, 0.717) is 17.2 Å². The summed E-state index contributed by atoms with van der Waals surface area (Å²) < 4.78 is 25.8. The van der Waals surface area contributed by atoms with E-state index in [-0.39, 0.29) is 18.4 Å². The largest absolute Gasteiger partial charge is 0.493 e. The van der Waals surface area contributed by atoms with Gasteiger partial charge in [0.05, 0.1) is 35.0 Å². The number of rotatable bonds is 5. The molecule has 3 atom stereocenters. The average molecular weight is 322 g/mol. The van der Waals surface area contributed by atoms with Gasteiger partial charge in [-0.2, -0.15) is 0 Å². The number of methoxy groups -OCH3 is 4. The van der Waals surface area contributed by atoms with Crippen LogP contribution in [0.25, 0.3) is 0 Å². The van der Waals surface area contributed by atoms with Crippen LogP contribution in [0.3, 0.4) is 0 Å². The van der Waals surface area contributed by atoms with Gasteiger partial charge < -0.3 is 23.7 Å². The zero-order valence-electron chi connectivity index (χ0n) is 13.4. The number of cyclic esters (lactones) is 1. The highest BCUT2D eigenvalue weighted by Gasteiger charge is 2.80. The van der Waals surface area contributed by atoms with Crippen LogP contribution in [0.5, 0.6) is 17.2 Å². The summed E-state index contributed by atoms with van der Waals surface area (Å²) in [5.41, 5.74) is -0.495. The van der Waals surface area contributed by atoms with Gasteiger partial charge in [0.2, 0.25) is 5.75 Å². The monoisotopic (exact) mass is 322 g/mol. The van der Waals surface area contributed by atoms with Gasteiger partial charge in [-0.3, -0.25) is 9.59 Å². The van der Waals surface area contributed by atoms with Crippen LogP contribution < -0.4 is 14.2 Å². The van der Waals surface area contributed by atoms with Crippen LogP contribution in [0.1, 0.15) is 11.5 Å². The predicted molar refractivity (Wildman–Crippen MR) is 77.7 cm³/mol. The van der Waals surface area contributed by atoms with Crippen molar-refractivity contribution in [2.75, 3.05) is 35.0 Å². The van der Waals surface area contributed by atoms with E-state index in [1.165, 1.54) is 28.4 Å². The van der Waals surface area contributed by atoms with E-state index in [1.807, 2.05) is 0 Å². The van der Waals surface area contributed by atoms with Crippen molar-refractivity contribution in [1.82, 2.24) is 0 Å². The van der Waals surface area contributed by atoms with Gasteiger partial charge in [-0.05, 0) is 17.7 Å². The Balaban J connectivity index is 2.07. The van der Waals surface area contributed by atoms with E-state index in [2.05, 4.69) is 0 Å². The van der Waals surface area contributed by atoms with Gasteiger partial charge in [0.15, 0.2) is 16.9 Å². The maximum atomic E-state index is 12.2. The molecule has 0 unspecified atom stereocenters. The maximum Gasteiger partial charge on any atom is 0.324 e. The minimum atomic E-state index is -1.25. The first-order valence-electron chi connectivity index (χ1n) is 7.11. The van der Waals surface area contributed by atoms with Crippen LogP contribution in [0.15, 0.2) is 12.1 Å². The Morgan fingerprint density at radius 1 is 1.13 bits per heavy atom. The lowest BCUT2D eigenvalue weighted by atomic mass is 9.98. The third-order valence-electron chi connectivity index (χ3n) is 4.67. The van der Waals surface area contributed by atoms with Crippen LogP contribution >= 0.6 is 0 Å². The topological polar surface area (TPSA) is 80.3 Å². The second-order valence-electron chi connectivity index (χ2n) is 5.50. The molecule has 7 nitrogen and oxygen atoms in total. The number of hydrogen-bond donors (Lipinski definition) is 0. The summed E-state index contributed by atoms with van der Waals surface area (Å²) in [7, 11) is 5.81. The van der Waals surface area contributed by atoms with Crippen LogP contribution in [0.2, 0.25) is 0 Å². The molecule has 23 heavy (non-hydrogen) atoms. The minimum Gasteiger partial charge on any atom is -0.493 e. The normalized spacial score (nSPS) is 27.7. The minimum absolute atomic E-state index is 0.204. The van der Waals surface area contributed by atoms with E-state index in [9.17, 15) is 9.59 Å². The van der Waals surface area contributed by atoms with Gasteiger partial charge in [0.1, 0.15) is 0 Å². The number of esters is 2. The molecule has 124 valence electrons.